The normalized spacial score (nSPS) is 10.0. The van der Waals surface area contributed by atoms with Gasteiger partial charge in [0.15, 0.2) is 12.4 Å². The molecule has 0 bridgehead atoms. The summed E-state index contributed by atoms with van der Waals surface area (Å²) >= 11 is 0. The first-order valence-electron chi connectivity index (χ1n) is 7.05. The lowest BCUT2D eigenvalue weighted by molar-refractivity contribution is -0.124. The Morgan fingerprint density at radius 1 is 1.29 bits per heavy atom. The molecule has 0 unspecified atom stereocenters. The molecule has 1 amide bonds. The molecule has 0 saturated heterocycles. The second-order valence-corrected chi connectivity index (χ2v) is 4.44. The number of hydrogen-bond donors (Lipinski definition) is 2. The Labute approximate surface area is 124 Å². The highest BCUT2D eigenvalue weighted by atomic mass is 16.5. The summed E-state index contributed by atoms with van der Waals surface area (Å²) in [6.07, 6.45) is 1.88. The maximum atomic E-state index is 12.0. The number of rotatable bonds is 8. The lowest BCUT2D eigenvalue weighted by Gasteiger charge is -2.12. The highest BCUT2D eigenvalue weighted by Crippen LogP contribution is 2.26. The van der Waals surface area contributed by atoms with Gasteiger partial charge in [-0.15, -0.1) is 0 Å². The van der Waals surface area contributed by atoms with Crippen LogP contribution in [0.5, 0.6) is 5.75 Å². The second kappa shape index (κ2) is 8.84. The molecule has 0 saturated carbocycles. The minimum Gasteiger partial charge on any atom is -0.491 e. The summed E-state index contributed by atoms with van der Waals surface area (Å²) in [6, 6.07) is 4.83. The van der Waals surface area contributed by atoms with Crippen LogP contribution in [0.15, 0.2) is 18.2 Å². The number of carbonyl (C=O) groups excluding carboxylic acids is 2. The highest BCUT2D eigenvalue weighted by molar-refractivity contribution is 5.95. The average Bonchev–Trinajstić information content (AvgIpc) is 2.47. The SMILES string of the molecule is CCCCNC(=O)COC(=O)c1cccc(N)c1OCC. The van der Waals surface area contributed by atoms with Gasteiger partial charge in [0.1, 0.15) is 5.56 Å². The van der Waals surface area contributed by atoms with Crippen molar-refractivity contribution >= 4 is 17.6 Å². The van der Waals surface area contributed by atoms with E-state index in [1.165, 1.54) is 0 Å². The highest BCUT2D eigenvalue weighted by Gasteiger charge is 2.17. The largest absolute Gasteiger partial charge is 0.491 e. The van der Waals surface area contributed by atoms with Crippen LogP contribution in [0.4, 0.5) is 5.69 Å². The number of para-hydroxylation sites is 1. The van der Waals surface area contributed by atoms with Gasteiger partial charge < -0.3 is 20.5 Å². The molecule has 1 aromatic rings. The zero-order valence-corrected chi connectivity index (χ0v) is 12.5. The van der Waals surface area contributed by atoms with Crippen LogP contribution in [0.3, 0.4) is 0 Å². The van der Waals surface area contributed by atoms with Gasteiger partial charge in [-0.3, -0.25) is 4.79 Å². The zero-order chi connectivity index (χ0) is 15.7. The van der Waals surface area contributed by atoms with E-state index in [2.05, 4.69) is 5.32 Å². The van der Waals surface area contributed by atoms with Gasteiger partial charge in [-0.25, -0.2) is 4.79 Å². The van der Waals surface area contributed by atoms with Crippen molar-refractivity contribution in [1.82, 2.24) is 5.32 Å². The maximum absolute atomic E-state index is 12.0. The van der Waals surface area contributed by atoms with Gasteiger partial charge in [-0.2, -0.15) is 0 Å². The van der Waals surface area contributed by atoms with E-state index in [4.69, 9.17) is 15.2 Å². The summed E-state index contributed by atoms with van der Waals surface area (Å²) in [5.74, 6) is -0.661. The van der Waals surface area contributed by atoms with E-state index in [0.29, 0.717) is 18.8 Å². The van der Waals surface area contributed by atoms with E-state index in [1.54, 1.807) is 25.1 Å². The number of nitrogen functional groups attached to an aromatic ring is 1. The summed E-state index contributed by atoms with van der Waals surface area (Å²) < 4.78 is 10.3. The van der Waals surface area contributed by atoms with Gasteiger partial charge >= 0.3 is 5.97 Å². The van der Waals surface area contributed by atoms with Crippen molar-refractivity contribution in [3.63, 3.8) is 0 Å². The number of unbranched alkanes of at least 4 members (excludes halogenated alkanes) is 1. The molecule has 0 atom stereocenters. The molecular formula is C15H22N2O4. The third kappa shape index (κ3) is 5.33. The number of hydrogen-bond acceptors (Lipinski definition) is 5. The number of anilines is 1. The van der Waals surface area contributed by atoms with E-state index < -0.39 is 5.97 Å². The molecule has 116 valence electrons. The number of nitrogens with one attached hydrogen (secondary N) is 1. The van der Waals surface area contributed by atoms with Crippen LogP contribution in [0.1, 0.15) is 37.0 Å². The van der Waals surface area contributed by atoms with Crippen molar-refractivity contribution in [1.29, 1.82) is 0 Å². The van der Waals surface area contributed by atoms with Crippen molar-refractivity contribution < 1.29 is 19.1 Å². The first kappa shape index (κ1) is 16.8. The standard InChI is InChI=1S/C15H22N2O4/c1-3-5-9-17-13(18)10-21-15(19)11-7-6-8-12(16)14(11)20-4-2/h6-8H,3-5,9-10,16H2,1-2H3,(H,17,18). The van der Waals surface area contributed by atoms with Crippen LogP contribution in [0.2, 0.25) is 0 Å². The van der Waals surface area contributed by atoms with Crippen molar-refractivity contribution in [3.8, 4) is 5.75 Å². The van der Waals surface area contributed by atoms with Crippen LogP contribution in [0, 0.1) is 0 Å². The summed E-state index contributed by atoms with van der Waals surface area (Å²) in [5.41, 5.74) is 6.35. The lowest BCUT2D eigenvalue weighted by atomic mass is 10.2. The van der Waals surface area contributed by atoms with Crippen LogP contribution in [-0.2, 0) is 9.53 Å². The molecule has 0 spiro atoms. The molecule has 3 N–H and O–H groups in total. The van der Waals surface area contributed by atoms with E-state index in [9.17, 15) is 9.59 Å². The minimum atomic E-state index is -0.628. The Balaban J connectivity index is 2.60. The third-order valence-corrected chi connectivity index (χ3v) is 2.74. The quantitative estimate of drug-likeness (QED) is 0.433. The van der Waals surface area contributed by atoms with Gasteiger partial charge in [0.05, 0.1) is 12.3 Å². The fourth-order valence-electron chi connectivity index (χ4n) is 1.69. The molecule has 1 aromatic carbocycles. The molecule has 6 heteroatoms. The van der Waals surface area contributed by atoms with E-state index >= 15 is 0 Å². The Morgan fingerprint density at radius 2 is 2.05 bits per heavy atom. The Hall–Kier alpha value is -2.24. The summed E-state index contributed by atoms with van der Waals surface area (Å²) in [6.45, 7) is 4.47. The molecule has 0 fully saturated rings. The molecule has 0 aliphatic carbocycles. The fraction of sp³-hybridized carbons (Fsp3) is 0.467. The summed E-state index contributed by atoms with van der Waals surface area (Å²) in [4.78, 5) is 23.5. The Morgan fingerprint density at radius 3 is 2.71 bits per heavy atom. The van der Waals surface area contributed by atoms with Gasteiger partial charge in [-0.05, 0) is 25.5 Å². The molecule has 6 nitrogen and oxygen atoms in total. The van der Waals surface area contributed by atoms with Gasteiger partial charge in [0, 0.05) is 6.54 Å². The van der Waals surface area contributed by atoms with Crippen molar-refractivity contribution in [2.45, 2.75) is 26.7 Å². The van der Waals surface area contributed by atoms with Gasteiger partial charge in [-0.1, -0.05) is 19.4 Å². The zero-order valence-electron chi connectivity index (χ0n) is 12.5. The van der Waals surface area contributed by atoms with Crippen LogP contribution in [0.25, 0.3) is 0 Å². The minimum absolute atomic E-state index is 0.221. The lowest BCUT2D eigenvalue weighted by Crippen LogP contribution is -2.29. The van der Waals surface area contributed by atoms with Crippen molar-refractivity contribution in [2.75, 3.05) is 25.5 Å². The number of esters is 1. The topological polar surface area (TPSA) is 90.7 Å². The van der Waals surface area contributed by atoms with Crippen molar-refractivity contribution in [3.05, 3.63) is 23.8 Å². The Kier molecular flexibility index (Phi) is 7.08. The first-order valence-corrected chi connectivity index (χ1v) is 7.05. The summed E-state index contributed by atoms with van der Waals surface area (Å²) in [5, 5.41) is 2.67. The molecule has 0 radical (unpaired) electrons. The van der Waals surface area contributed by atoms with Crippen LogP contribution < -0.4 is 15.8 Å². The molecule has 1 rings (SSSR count). The molecule has 21 heavy (non-hydrogen) atoms. The monoisotopic (exact) mass is 294 g/mol. The molecule has 0 aliphatic rings. The predicted octanol–water partition coefficient (Wildman–Crippen LogP) is 1.74. The molecule has 0 aliphatic heterocycles. The smallest absolute Gasteiger partial charge is 0.342 e. The number of amides is 1. The van der Waals surface area contributed by atoms with Gasteiger partial charge in [0.2, 0.25) is 0 Å². The fourth-order valence-corrected chi connectivity index (χ4v) is 1.69. The maximum Gasteiger partial charge on any atom is 0.342 e. The second-order valence-electron chi connectivity index (χ2n) is 4.44. The van der Waals surface area contributed by atoms with Gasteiger partial charge in [0.25, 0.3) is 5.91 Å². The Bertz CT molecular complexity index is 489. The third-order valence-electron chi connectivity index (χ3n) is 2.74. The van der Waals surface area contributed by atoms with E-state index in [0.717, 1.165) is 12.8 Å². The van der Waals surface area contributed by atoms with Crippen LogP contribution >= 0.6 is 0 Å². The molecular weight excluding hydrogens is 272 g/mol. The molecule has 0 heterocycles. The number of nitrogens with two attached hydrogens (primary N) is 1. The van der Waals surface area contributed by atoms with E-state index in [1.807, 2.05) is 6.92 Å². The number of carbonyl (C=O) groups is 2. The number of benzene rings is 1. The van der Waals surface area contributed by atoms with E-state index in [-0.39, 0.29) is 23.8 Å². The average molecular weight is 294 g/mol. The predicted molar refractivity (Wildman–Crippen MR) is 80.2 cm³/mol. The molecule has 0 aromatic heterocycles. The number of ether oxygens (including phenoxy) is 2. The van der Waals surface area contributed by atoms with Crippen molar-refractivity contribution in [2.24, 2.45) is 0 Å². The first-order chi connectivity index (χ1) is 10.1. The summed E-state index contributed by atoms with van der Waals surface area (Å²) in [7, 11) is 0. The van der Waals surface area contributed by atoms with Crippen LogP contribution in [-0.4, -0.2) is 31.6 Å².